The van der Waals surface area contributed by atoms with Gasteiger partial charge in [0.1, 0.15) is 43.3 Å². The molecule has 0 spiro atoms. The van der Waals surface area contributed by atoms with E-state index in [4.69, 9.17) is 19.9 Å². The van der Waals surface area contributed by atoms with E-state index in [1.54, 1.807) is 12.2 Å². The van der Waals surface area contributed by atoms with Crippen LogP contribution in [0.25, 0.3) is 0 Å². The fourth-order valence-corrected chi connectivity index (χ4v) is 16.5. The Hall–Kier alpha value is -6.27. The molecule has 7 aliphatic carbocycles. The van der Waals surface area contributed by atoms with Crippen LogP contribution in [-0.2, 0) is 51.3 Å². The molecule has 2 heterocycles. The van der Waals surface area contributed by atoms with Crippen molar-refractivity contribution in [1.29, 1.82) is 0 Å². The summed E-state index contributed by atoms with van der Waals surface area (Å²) in [6.07, 6.45) is 1.80. The molecule has 6 saturated carbocycles. The maximum absolute atomic E-state index is 14.2. The van der Waals surface area contributed by atoms with E-state index in [1.165, 1.54) is 25.1 Å². The molecule has 22 heteroatoms. The number of fused-ring (bicyclic) bond motifs is 7. The van der Waals surface area contributed by atoms with Crippen LogP contribution >= 0.6 is 0 Å². The van der Waals surface area contributed by atoms with E-state index in [0.717, 1.165) is 61.8 Å². The molecule has 0 unspecified atom stereocenters. The van der Waals surface area contributed by atoms with Crippen LogP contribution in [0.3, 0.4) is 0 Å². The van der Waals surface area contributed by atoms with Gasteiger partial charge in [0.05, 0.1) is 17.2 Å². The summed E-state index contributed by atoms with van der Waals surface area (Å²) in [5.74, 6) is -3.09. The van der Waals surface area contributed by atoms with Crippen molar-refractivity contribution in [2.45, 2.75) is 153 Å². The van der Waals surface area contributed by atoms with E-state index in [9.17, 15) is 64.2 Å². The van der Waals surface area contributed by atoms with Crippen molar-refractivity contribution >= 4 is 52.7 Å². The van der Waals surface area contributed by atoms with Crippen LogP contribution in [-0.4, -0.2) is 153 Å². The minimum Gasteiger partial charge on any atom is -0.479 e. The van der Waals surface area contributed by atoms with Crippen molar-refractivity contribution in [3.63, 3.8) is 0 Å². The molecule has 9 aliphatic rings. The third-order valence-electron chi connectivity index (χ3n) is 20.1. The highest BCUT2D eigenvalue weighted by Crippen LogP contribution is 2.73. The Bertz CT molecular complexity index is 2900. The van der Waals surface area contributed by atoms with E-state index in [-0.39, 0.29) is 71.7 Å². The van der Waals surface area contributed by atoms with Crippen LogP contribution < -0.4 is 36.6 Å². The molecule has 2 aromatic carbocycles. The van der Waals surface area contributed by atoms with Gasteiger partial charge in [-0.2, -0.15) is 0 Å². The number of rotatable bonds is 21. The van der Waals surface area contributed by atoms with Gasteiger partial charge in [0.15, 0.2) is 17.7 Å². The summed E-state index contributed by atoms with van der Waals surface area (Å²) in [5.41, 5.74) is 7.02. The smallest absolute Gasteiger partial charge is 0.407 e. The Morgan fingerprint density at radius 1 is 0.951 bits per heavy atom. The Balaban J connectivity index is 0.735. The Labute approximate surface area is 475 Å². The van der Waals surface area contributed by atoms with Gasteiger partial charge in [0.25, 0.3) is 0 Å². The Kier molecular flexibility index (Phi) is 16.3. The van der Waals surface area contributed by atoms with Crippen LogP contribution in [0, 0.1) is 45.3 Å². The number of alkyl carbamates (subject to hydrolysis) is 1. The zero-order valence-electron chi connectivity index (χ0n) is 46.6. The maximum Gasteiger partial charge on any atom is 0.407 e. The number of amides is 4. The van der Waals surface area contributed by atoms with Crippen molar-refractivity contribution in [3.8, 4) is 5.75 Å². The molecule has 82 heavy (non-hydrogen) atoms. The summed E-state index contributed by atoms with van der Waals surface area (Å²) < 4.78 is 16.7. The molecule has 8 fully saturated rings. The van der Waals surface area contributed by atoms with Crippen LogP contribution in [0.15, 0.2) is 66.3 Å². The number of allylic oxidation sites excluding steroid dienone is 4. The SMILES string of the molecule is CC(=O)N[C@@H](CCCCN)C(=O)NCCC(=O)Nc1cc(COC(=O)NC23CC(Cc4ccc(N5C[C@@H]6C[C@H]7[C@@H]8CCC9=CC(=O)C=C[C@]9(C)[C@H]8[C@@H](O)C[C@]7(C)[C@]6(C(=O)CO)C5)cc4)(C2)C3)ccc1O[C@@H]1O[C@H](C(=O)O)[C@@H](O)[C@H](O)[C@H]1O. The number of carboxylic acid groups (broad SMARTS) is 1. The Morgan fingerprint density at radius 2 is 1.68 bits per heavy atom. The van der Waals surface area contributed by atoms with Crippen molar-refractivity contribution in [2.24, 2.45) is 51.1 Å². The molecule has 444 valence electrons. The second kappa shape index (κ2) is 22.7. The summed E-state index contributed by atoms with van der Waals surface area (Å²) in [4.78, 5) is 92.0. The highest BCUT2D eigenvalue weighted by molar-refractivity contribution is 6.01. The first-order valence-electron chi connectivity index (χ1n) is 28.8. The number of anilines is 2. The average Bonchev–Trinajstić information content (AvgIpc) is 1.60. The van der Waals surface area contributed by atoms with Gasteiger partial charge in [-0.25, -0.2) is 9.59 Å². The number of carbonyl (C=O) groups excluding carboxylic acids is 6. The molecular weight excluding hydrogens is 1060 g/mol. The number of nitrogens with two attached hydrogens (primary N) is 1. The topological polar surface area (TPSA) is 346 Å². The summed E-state index contributed by atoms with van der Waals surface area (Å²) >= 11 is 0. The molecule has 0 radical (unpaired) electrons. The van der Waals surface area contributed by atoms with Crippen LogP contribution in [0.1, 0.15) is 103 Å². The number of benzene rings is 2. The second-order valence-corrected chi connectivity index (χ2v) is 25.2. The molecule has 0 aromatic heterocycles. The predicted octanol–water partition coefficient (Wildman–Crippen LogP) is 2.30. The lowest BCUT2D eigenvalue weighted by Crippen LogP contribution is -2.75. The minimum absolute atomic E-state index is 0.00759. The van der Waals surface area contributed by atoms with Gasteiger partial charge in [-0.15, -0.1) is 0 Å². The zero-order chi connectivity index (χ0) is 58.7. The van der Waals surface area contributed by atoms with Gasteiger partial charge in [0, 0.05) is 55.5 Å². The quantitative estimate of drug-likeness (QED) is 0.0799. The van der Waals surface area contributed by atoms with Crippen molar-refractivity contribution < 1.29 is 78.4 Å². The third-order valence-corrected chi connectivity index (χ3v) is 20.1. The minimum atomic E-state index is -1.97. The number of carbonyl (C=O) groups is 7. The van der Waals surface area contributed by atoms with E-state index in [0.29, 0.717) is 50.9 Å². The van der Waals surface area contributed by atoms with Crippen molar-refractivity contribution in [2.75, 3.05) is 43.0 Å². The van der Waals surface area contributed by atoms with E-state index in [2.05, 4.69) is 64.3 Å². The first-order valence-corrected chi connectivity index (χ1v) is 28.8. The Morgan fingerprint density at radius 3 is 2.38 bits per heavy atom. The molecule has 2 aliphatic heterocycles. The van der Waals surface area contributed by atoms with E-state index >= 15 is 0 Å². The number of hydrogen-bond acceptors (Lipinski definition) is 17. The monoisotopic (exact) mass is 1140 g/mol. The normalized spacial score (nSPS) is 35.9. The number of aliphatic hydroxyl groups is 5. The highest BCUT2D eigenvalue weighted by atomic mass is 16.7. The molecule has 2 aromatic rings. The molecule has 2 bridgehead atoms. The number of aliphatic carboxylic acids is 1. The number of aliphatic hydroxyl groups excluding tert-OH is 5. The fourth-order valence-electron chi connectivity index (χ4n) is 16.5. The number of carboxylic acids is 1. The first-order chi connectivity index (χ1) is 39.0. The first kappa shape index (κ1) is 58.9. The van der Waals surface area contributed by atoms with Gasteiger partial charge < -0.3 is 76.8 Å². The van der Waals surface area contributed by atoms with Gasteiger partial charge in [0.2, 0.25) is 24.0 Å². The fraction of sp³-hybridized carbons (Fsp3) is 0.617. The van der Waals surface area contributed by atoms with Crippen LogP contribution in [0.2, 0.25) is 0 Å². The lowest BCUT2D eigenvalue weighted by Gasteiger charge is -2.70. The van der Waals surface area contributed by atoms with Gasteiger partial charge in [-0.3, -0.25) is 24.0 Å². The van der Waals surface area contributed by atoms with Gasteiger partial charge in [-0.1, -0.05) is 43.7 Å². The number of Topliss-reactive ketones (excluding diaryl/α,β-unsaturated/α-hetero) is 1. The largest absolute Gasteiger partial charge is 0.479 e. The lowest BCUT2D eigenvalue weighted by atomic mass is 9.38. The van der Waals surface area contributed by atoms with Gasteiger partial charge >= 0.3 is 12.1 Å². The molecular formula is C60H78N6O16. The number of ether oxygens (including phenoxy) is 3. The third kappa shape index (κ3) is 10.7. The van der Waals surface area contributed by atoms with E-state index < -0.39 is 101 Å². The number of nitrogens with one attached hydrogen (secondary N) is 4. The van der Waals surface area contributed by atoms with Crippen LogP contribution in [0.4, 0.5) is 16.2 Å². The summed E-state index contributed by atoms with van der Waals surface area (Å²) in [6.45, 7) is 6.26. The average molecular weight is 1140 g/mol. The standard InChI is InChI=1S/C60H78N6O16/c1-32(68)63-41(6-4-5-18-61)52(76)62-19-16-46(72)64-42-20-34(9-14-44(42)81-54-50(75)48(73)49(74)51(82-54)53(77)78)27-80-55(79)65-59-28-58(29-59,30-59)23-33-7-11-37(12-8-33)66-25-36-22-40-39-13-10-35-21-38(69)15-17-56(35,2)47(39)43(70)24-57(40,3)60(36,31-66)45(71)26-67/h7-9,11-12,14-15,17,20-21,36,39-41,43,47-51,54,67,70,73-75H,4-6,10,13,16,18-19,22-31,61H2,1-3H3,(H,62,76)(H,63,68)(H,64,72)(H,65,79)(H,77,78)/t36-,39-,40-,41-,43-,47+,48-,49-,50+,51-,54+,56-,57-,58?,59?,60+/m0/s1. The number of unbranched alkanes of at least 4 members (excludes halogenated alkanes) is 1. The van der Waals surface area contributed by atoms with E-state index in [1.807, 2.05) is 6.08 Å². The maximum atomic E-state index is 14.2. The number of ketones is 2. The molecule has 4 amide bonds. The molecule has 2 saturated heterocycles. The van der Waals surface area contributed by atoms with Crippen molar-refractivity contribution in [1.82, 2.24) is 16.0 Å². The van der Waals surface area contributed by atoms with Crippen molar-refractivity contribution in [3.05, 3.63) is 77.4 Å². The van der Waals surface area contributed by atoms with Crippen LogP contribution in [0.5, 0.6) is 5.75 Å². The second-order valence-electron chi connectivity index (χ2n) is 25.2. The van der Waals surface area contributed by atoms with Gasteiger partial charge in [-0.05, 0) is 153 Å². The summed E-state index contributed by atoms with van der Waals surface area (Å²) in [7, 11) is 0. The molecule has 22 nitrogen and oxygen atoms in total. The number of hydrogen-bond donors (Lipinski definition) is 11. The molecule has 12 N–H and O–H groups in total. The zero-order valence-corrected chi connectivity index (χ0v) is 46.6. The molecule has 14 atom stereocenters. The highest BCUT2D eigenvalue weighted by Gasteiger charge is 2.73. The summed E-state index contributed by atoms with van der Waals surface area (Å²) in [6, 6.07) is 11.9. The molecule has 11 rings (SSSR count). The lowest BCUT2D eigenvalue weighted by molar-refractivity contribution is -0.271. The predicted molar refractivity (Wildman–Crippen MR) is 294 cm³/mol. The summed E-state index contributed by atoms with van der Waals surface area (Å²) in [5, 5.41) is 74.5. The number of nitrogens with zero attached hydrogens (tertiary/aromatic N) is 1.